The van der Waals surface area contributed by atoms with Crippen molar-refractivity contribution < 1.29 is 14.3 Å². The lowest BCUT2D eigenvalue weighted by molar-refractivity contribution is -0.142. The number of nitrogens with one attached hydrogen (secondary N) is 1. The number of carbonyl (C=O) groups excluding carboxylic acids is 2. The van der Waals surface area contributed by atoms with Crippen molar-refractivity contribution in [3.63, 3.8) is 0 Å². The summed E-state index contributed by atoms with van der Waals surface area (Å²) in [5.41, 5.74) is 2.10. The predicted octanol–water partition coefficient (Wildman–Crippen LogP) is 3.71. The summed E-state index contributed by atoms with van der Waals surface area (Å²) in [5.74, 6) is 0.246. The largest absolute Gasteiger partial charge is 0.484 e. The summed E-state index contributed by atoms with van der Waals surface area (Å²) >= 11 is 0. The molecule has 2 aromatic rings. The molecular formula is C23H30N2O3. The van der Waals surface area contributed by atoms with Crippen molar-refractivity contribution in [1.82, 2.24) is 10.2 Å². The minimum atomic E-state index is -0.596. The summed E-state index contributed by atoms with van der Waals surface area (Å²) in [6.07, 6.45) is 0.835. The van der Waals surface area contributed by atoms with Gasteiger partial charge in [0.25, 0.3) is 5.91 Å². The smallest absolute Gasteiger partial charge is 0.261 e. The molecule has 0 radical (unpaired) electrons. The van der Waals surface area contributed by atoms with E-state index in [0.717, 1.165) is 17.5 Å². The van der Waals surface area contributed by atoms with Gasteiger partial charge in [-0.25, -0.2) is 0 Å². The third-order valence-electron chi connectivity index (χ3n) is 4.71. The lowest BCUT2D eigenvalue weighted by atomic mass is 10.1. The molecule has 1 N–H and O–H groups in total. The van der Waals surface area contributed by atoms with Gasteiger partial charge in [-0.05, 0) is 44.9 Å². The minimum absolute atomic E-state index is 0.0615. The van der Waals surface area contributed by atoms with Gasteiger partial charge in [-0.1, -0.05) is 55.0 Å². The van der Waals surface area contributed by atoms with Gasteiger partial charge in [0.2, 0.25) is 5.91 Å². The van der Waals surface area contributed by atoms with Crippen LogP contribution in [0.1, 0.15) is 38.3 Å². The molecule has 5 heteroatoms. The molecule has 0 aliphatic carbocycles. The van der Waals surface area contributed by atoms with Gasteiger partial charge in [-0.2, -0.15) is 0 Å². The van der Waals surface area contributed by atoms with Crippen molar-refractivity contribution in [1.29, 1.82) is 0 Å². The number of carbonyl (C=O) groups is 2. The van der Waals surface area contributed by atoms with Crippen molar-refractivity contribution >= 4 is 11.8 Å². The maximum atomic E-state index is 12.9. The van der Waals surface area contributed by atoms with Crippen molar-refractivity contribution in [3.8, 4) is 5.75 Å². The van der Waals surface area contributed by atoms with Crippen LogP contribution in [0.2, 0.25) is 0 Å². The Kier molecular flexibility index (Phi) is 8.05. The van der Waals surface area contributed by atoms with E-state index in [1.807, 2.05) is 63.2 Å². The molecule has 0 unspecified atom stereocenters. The standard InChI is InChI=1S/C23H30N2O3/c1-5-18(3)24-23(27)19(4)25(15-20-11-9-10-17(2)14-20)22(26)16-28-21-12-7-6-8-13-21/h6-14,18-19H,5,15-16H2,1-4H3,(H,24,27)/t18-,19-/m0/s1. The molecular weight excluding hydrogens is 352 g/mol. The van der Waals surface area contributed by atoms with E-state index >= 15 is 0 Å². The maximum absolute atomic E-state index is 12.9. The first kappa shape index (κ1) is 21.5. The Balaban J connectivity index is 2.14. The molecule has 5 nitrogen and oxygen atoms in total. The summed E-state index contributed by atoms with van der Waals surface area (Å²) in [6.45, 7) is 7.97. The molecule has 2 rings (SSSR count). The lowest BCUT2D eigenvalue weighted by Gasteiger charge is -2.29. The first-order valence-electron chi connectivity index (χ1n) is 9.74. The lowest BCUT2D eigenvalue weighted by Crippen LogP contribution is -2.50. The highest BCUT2D eigenvalue weighted by Gasteiger charge is 2.27. The van der Waals surface area contributed by atoms with Gasteiger partial charge in [-0.3, -0.25) is 9.59 Å². The Bertz CT molecular complexity index is 776. The van der Waals surface area contributed by atoms with Crippen molar-refractivity contribution in [2.45, 2.75) is 52.7 Å². The summed E-state index contributed by atoms with van der Waals surface area (Å²) < 4.78 is 5.62. The van der Waals surface area contributed by atoms with Crippen LogP contribution in [0.15, 0.2) is 54.6 Å². The molecule has 2 aromatic carbocycles. The van der Waals surface area contributed by atoms with Crippen LogP contribution in [0.5, 0.6) is 5.75 Å². The van der Waals surface area contributed by atoms with Gasteiger partial charge in [0.15, 0.2) is 6.61 Å². The van der Waals surface area contributed by atoms with E-state index in [0.29, 0.717) is 12.3 Å². The normalized spacial score (nSPS) is 12.7. The molecule has 2 amide bonds. The number of ether oxygens (including phenoxy) is 1. The second-order valence-corrected chi connectivity index (χ2v) is 7.11. The molecule has 150 valence electrons. The van der Waals surface area contributed by atoms with Gasteiger partial charge in [-0.15, -0.1) is 0 Å². The third kappa shape index (κ3) is 6.41. The number of hydrogen-bond donors (Lipinski definition) is 1. The molecule has 0 aliphatic rings. The molecule has 0 spiro atoms. The van der Waals surface area contributed by atoms with Crippen LogP contribution in [-0.4, -0.2) is 35.4 Å². The summed E-state index contributed by atoms with van der Waals surface area (Å²) in [7, 11) is 0. The molecule has 28 heavy (non-hydrogen) atoms. The predicted molar refractivity (Wildman–Crippen MR) is 111 cm³/mol. The summed E-state index contributed by atoms with van der Waals surface area (Å²) in [4.78, 5) is 27.2. The highest BCUT2D eigenvalue weighted by molar-refractivity contribution is 5.88. The van der Waals surface area contributed by atoms with Gasteiger partial charge < -0.3 is 15.0 Å². The van der Waals surface area contributed by atoms with Crippen LogP contribution in [0, 0.1) is 6.92 Å². The van der Waals surface area contributed by atoms with E-state index in [2.05, 4.69) is 5.32 Å². The fourth-order valence-corrected chi connectivity index (χ4v) is 2.80. The molecule has 0 aromatic heterocycles. The number of para-hydroxylation sites is 1. The zero-order chi connectivity index (χ0) is 20.5. The summed E-state index contributed by atoms with van der Waals surface area (Å²) in [6, 6.07) is 16.6. The van der Waals surface area contributed by atoms with Crippen LogP contribution in [0.25, 0.3) is 0 Å². The van der Waals surface area contributed by atoms with Crippen molar-refractivity contribution in [3.05, 3.63) is 65.7 Å². The van der Waals surface area contributed by atoms with Crippen LogP contribution in [0.3, 0.4) is 0 Å². The van der Waals surface area contributed by atoms with Crippen molar-refractivity contribution in [2.75, 3.05) is 6.61 Å². The number of nitrogens with zero attached hydrogens (tertiary/aromatic N) is 1. The van der Waals surface area contributed by atoms with Gasteiger partial charge >= 0.3 is 0 Å². The number of rotatable bonds is 9. The number of aryl methyl sites for hydroxylation is 1. The Labute approximate surface area is 167 Å². The van der Waals surface area contributed by atoms with E-state index in [-0.39, 0.29) is 24.5 Å². The zero-order valence-corrected chi connectivity index (χ0v) is 17.1. The first-order chi connectivity index (χ1) is 13.4. The number of benzene rings is 2. The topological polar surface area (TPSA) is 58.6 Å². The molecule has 0 saturated carbocycles. The monoisotopic (exact) mass is 382 g/mol. The first-order valence-corrected chi connectivity index (χ1v) is 9.74. The van der Waals surface area contributed by atoms with Crippen LogP contribution in [0.4, 0.5) is 0 Å². The Morgan fingerprint density at radius 1 is 1.07 bits per heavy atom. The van der Waals surface area contributed by atoms with E-state index in [4.69, 9.17) is 4.74 Å². The minimum Gasteiger partial charge on any atom is -0.484 e. The Morgan fingerprint density at radius 2 is 1.79 bits per heavy atom. The second kappa shape index (κ2) is 10.5. The summed E-state index contributed by atoms with van der Waals surface area (Å²) in [5, 5.41) is 2.96. The Hall–Kier alpha value is -2.82. The van der Waals surface area contributed by atoms with Crippen LogP contribution < -0.4 is 10.1 Å². The zero-order valence-electron chi connectivity index (χ0n) is 17.1. The van der Waals surface area contributed by atoms with Crippen LogP contribution >= 0.6 is 0 Å². The Morgan fingerprint density at radius 3 is 2.43 bits per heavy atom. The number of hydrogen-bond acceptors (Lipinski definition) is 3. The molecule has 0 fully saturated rings. The fraction of sp³-hybridized carbons (Fsp3) is 0.391. The average Bonchev–Trinajstić information content (AvgIpc) is 2.70. The maximum Gasteiger partial charge on any atom is 0.261 e. The molecule has 0 saturated heterocycles. The van der Waals surface area contributed by atoms with E-state index < -0.39 is 6.04 Å². The third-order valence-corrected chi connectivity index (χ3v) is 4.71. The molecule has 0 heterocycles. The quantitative estimate of drug-likeness (QED) is 0.719. The SMILES string of the molecule is CC[C@H](C)NC(=O)[C@H](C)N(Cc1cccc(C)c1)C(=O)COc1ccccc1. The van der Waals surface area contributed by atoms with Crippen LogP contribution in [-0.2, 0) is 16.1 Å². The van der Waals surface area contributed by atoms with Crippen molar-refractivity contribution in [2.24, 2.45) is 0 Å². The van der Waals surface area contributed by atoms with Gasteiger partial charge in [0.05, 0.1) is 0 Å². The van der Waals surface area contributed by atoms with Gasteiger partial charge in [0.1, 0.15) is 11.8 Å². The highest BCUT2D eigenvalue weighted by atomic mass is 16.5. The van der Waals surface area contributed by atoms with E-state index in [9.17, 15) is 9.59 Å². The number of amides is 2. The molecule has 2 atom stereocenters. The highest BCUT2D eigenvalue weighted by Crippen LogP contribution is 2.13. The molecule has 0 bridgehead atoms. The fourth-order valence-electron chi connectivity index (χ4n) is 2.80. The average molecular weight is 383 g/mol. The second-order valence-electron chi connectivity index (χ2n) is 7.11. The molecule has 0 aliphatic heterocycles. The van der Waals surface area contributed by atoms with E-state index in [1.165, 1.54) is 0 Å². The van der Waals surface area contributed by atoms with E-state index in [1.54, 1.807) is 24.0 Å². The van der Waals surface area contributed by atoms with Gasteiger partial charge in [0, 0.05) is 12.6 Å².